The van der Waals surface area contributed by atoms with E-state index in [0.717, 1.165) is 17.8 Å². The molecule has 1 aromatic heterocycles. The lowest BCUT2D eigenvalue weighted by Crippen LogP contribution is -2.42. The average Bonchev–Trinajstić information content (AvgIpc) is 3.05. The number of alkyl halides is 3. The molecule has 1 aliphatic rings. The fourth-order valence-electron chi connectivity index (χ4n) is 2.85. The highest BCUT2D eigenvalue weighted by atomic mass is 35.5. The molecular weight excluding hydrogens is 448 g/mol. The summed E-state index contributed by atoms with van der Waals surface area (Å²) in [6.07, 6.45) is -4.59. The molecule has 12 heteroatoms. The number of aromatic nitrogens is 2. The van der Waals surface area contributed by atoms with Gasteiger partial charge >= 0.3 is 12.2 Å². The number of aryl methyl sites for hydroxylation is 1. The molecule has 1 fully saturated rings. The van der Waals surface area contributed by atoms with E-state index in [4.69, 9.17) is 32.7 Å². The van der Waals surface area contributed by atoms with Crippen molar-refractivity contribution in [3.8, 4) is 11.6 Å². The Morgan fingerprint density at radius 1 is 1.23 bits per heavy atom. The van der Waals surface area contributed by atoms with E-state index < -0.39 is 17.8 Å². The molecule has 0 saturated carbocycles. The summed E-state index contributed by atoms with van der Waals surface area (Å²) < 4.78 is 50.4. The van der Waals surface area contributed by atoms with Gasteiger partial charge in [-0.2, -0.15) is 17.9 Å². The van der Waals surface area contributed by atoms with Crippen molar-refractivity contribution in [1.82, 2.24) is 20.0 Å². The fraction of sp³-hybridized carbons (Fsp3) is 0.444. The lowest BCUT2D eigenvalue weighted by molar-refractivity contribution is -0.137. The van der Waals surface area contributed by atoms with Crippen LogP contribution in [0.5, 0.6) is 11.6 Å². The molecule has 0 spiro atoms. The number of rotatable bonds is 5. The Bertz CT molecular complexity index is 892. The van der Waals surface area contributed by atoms with Gasteiger partial charge in [-0.15, -0.1) is 5.10 Å². The predicted octanol–water partition coefficient (Wildman–Crippen LogP) is 4.20. The number of hydrogen-bond donors (Lipinski definition) is 1. The third-order valence-electron chi connectivity index (χ3n) is 4.40. The van der Waals surface area contributed by atoms with Gasteiger partial charge in [0.2, 0.25) is 5.88 Å². The van der Waals surface area contributed by atoms with Gasteiger partial charge in [0.05, 0.1) is 34.5 Å². The fourth-order valence-corrected chi connectivity index (χ4v) is 3.41. The molecule has 0 unspecified atom stereocenters. The van der Waals surface area contributed by atoms with Crippen LogP contribution in [0.4, 0.5) is 18.0 Å². The van der Waals surface area contributed by atoms with Crippen molar-refractivity contribution in [2.24, 2.45) is 0 Å². The van der Waals surface area contributed by atoms with Gasteiger partial charge in [-0.25, -0.2) is 4.79 Å². The molecular formula is C18H19Cl2F3N4O3. The third-order valence-corrected chi connectivity index (χ3v) is 4.96. The van der Waals surface area contributed by atoms with Gasteiger partial charge in [0.15, 0.2) is 5.75 Å². The zero-order valence-electron chi connectivity index (χ0n) is 15.9. The number of nitrogens with zero attached hydrogens (tertiary/aromatic N) is 3. The van der Waals surface area contributed by atoms with Crippen LogP contribution in [-0.4, -0.2) is 60.1 Å². The Balaban J connectivity index is 1.65. The molecule has 1 aliphatic heterocycles. The summed E-state index contributed by atoms with van der Waals surface area (Å²) in [5.74, 6) is -0.205. The number of ether oxygens (including phenoxy) is 2. The van der Waals surface area contributed by atoms with Crippen LogP contribution in [0.1, 0.15) is 11.3 Å². The Hall–Kier alpha value is -2.01. The minimum atomic E-state index is -4.59. The SMILES string of the molecule is Cc1cc(Oc2c(Cl)cc(C(F)(F)F)cc2Cl)nn1C(=O)NCCN1CCOCC1. The van der Waals surface area contributed by atoms with Crippen LogP contribution in [0.25, 0.3) is 0 Å². The first-order valence-electron chi connectivity index (χ1n) is 9.04. The summed E-state index contributed by atoms with van der Waals surface area (Å²) in [6, 6.07) is 2.42. The summed E-state index contributed by atoms with van der Waals surface area (Å²) in [5, 5.41) is 6.15. The Kier molecular flexibility index (Phi) is 7.12. The molecule has 0 bridgehead atoms. The molecule has 0 radical (unpaired) electrons. The largest absolute Gasteiger partial charge is 0.434 e. The number of carbonyl (C=O) groups is 1. The maximum Gasteiger partial charge on any atom is 0.416 e. The summed E-state index contributed by atoms with van der Waals surface area (Å²) in [4.78, 5) is 14.5. The number of carbonyl (C=O) groups excluding carboxylic acids is 1. The second-order valence-electron chi connectivity index (χ2n) is 6.59. The number of nitrogens with one attached hydrogen (secondary N) is 1. The average molecular weight is 467 g/mol. The van der Waals surface area contributed by atoms with E-state index in [-0.39, 0.29) is 21.7 Å². The van der Waals surface area contributed by atoms with Gasteiger partial charge in [0.25, 0.3) is 0 Å². The highest BCUT2D eigenvalue weighted by Crippen LogP contribution is 2.41. The first kappa shape index (κ1) is 22.7. The molecule has 1 amide bonds. The van der Waals surface area contributed by atoms with Gasteiger partial charge in [0, 0.05) is 32.2 Å². The number of halogens is 5. The molecule has 2 aromatic rings. The van der Waals surface area contributed by atoms with E-state index in [1.807, 2.05) is 0 Å². The molecule has 164 valence electrons. The molecule has 1 aromatic carbocycles. The molecule has 2 heterocycles. The summed E-state index contributed by atoms with van der Waals surface area (Å²) in [5.41, 5.74) is -0.528. The number of benzene rings is 1. The lowest BCUT2D eigenvalue weighted by atomic mass is 10.2. The minimum Gasteiger partial charge on any atom is -0.434 e. The van der Waals surface area contributed by atoms with E-state index in [2.05, 4.69) is 15.3 Å². The van der Waals surface area contributed by atoms with E-state index in [9.17, 15) is 18.0 Å². The third kappa shape index (κ3) is 5.57. The van der Waals surface area contributed by atoms with Gasteiger partial charge in [-0.05, 0) is 19.1 Å². The van der Waals surface area contributed by atoms with Gasteiger partial charge < -0.3 is 14.8 Å². The van der Waals surface area contributed by atoms with Crippen LogP contribution in [0.2, 0.25) is 10.0 Å². The van der Waals surface area contributed by atoms with Gasteiger partial charge in [0.1, 0.15) is 0 Å². The maximum absolute atomic E-state index is 12.8. The minimum absolute atomic E-state index is 0.0283. The lowest BCUT2D eigenvalue weighted by Gasteiger charge is -2.26. The van der Waals surface area contributed by atoms with Crippen LogP contribution < -0.4 is 10.1 Å². The molecule has 0 aliphatic carbocycles. The number of morpholine rings is 1. The van der Waals surface area contributed by atoms with E-state index in [1.54, 1.807) is 6.92 Å². The van der Waals surface area contributed by atoms with Crippen LogP contribution in [-0.2, 0) is 10.9 Å². The van der Waals surface area contributed by atoms with E-state index in [1.165, 1.54) is 6.07 Å². The van der Waals surface area contributed by atoms with E-state index >= 15 is 0 Å². The Morgan fingerprint density at radius 3 is 2.47 bits per heavy atom. The van der Waals surface area contributed by atoms with Crippen molar-refractivity contribution in [2.45, 2.75) is 13.1 Å². The maximum atomic E-state index is 12.8. The van der Waals surface area contributed by atoms with Crippen molar-refractivity contribution in [3.05, 3.63) is 39.5 Å². The molecule has 3 rings (SSSR count). The quantitative estimate of drug-likeness (QED) is 0.714. The first-order valence-corrected chi connectivity index (χ1v) is 9.80. The Morgan fingerprint density at radius 2 is 1.87 bits per heavy atom. The van der Waals surface area contributed by atoms with Crippen molar-refractivity contribution in [2.75, 3.05) is 39.4 Å². The van der Waals surface area contributed by atoms with Crippen molar-refractivity contribution in [1.29, 1.82) is 0 Å². The highest BCUT2D eigenvalue weighted by Gasteiger charge is 2.32. The van der Waals surface area contributed by atoms with Crippen LogP contribution in [0, 0.1) is 6.92 Å². The van der Waals surface area contributed by atoms with Crippen LogP contribution >= 0.6 is 23.2 Å². The van der Waals surface area contributed by atoms with Gasteiger partial charge in [-0.1, -0.05) is 23.2 Å². The monoisotopic (exact) mass is 466 g/mol. The van der Waals surface area contributed by atoms with Crippen LogP contribution in [0.3, 0.4) is 0 Å². The standard InChI is InChI=1S/C18H19Cl2F3N4O3/c1-11-8-15(30-16-13(19)9-12(10-14(16)20)18(21,22)23)25-27(11)17(28)24-2-3-26-4-6-29-7-5-26/h8-10H,2-7H2,1H3,(H,24,28). The first-order chi connectivity index (χ1) is 14.1. The molecule has 0 atom stereocenters. The Labute approximate surface area is 180 Å². The van der Waals surface area contributed by atoms with Gasteiger partial charge in [-0.3, -0.25) is 4.90 Å². The summed E-state index contributed by atoms with van der Waals surface area (Å²) in [7, 11) is 0. The zero-order valence-corrected chi connectivity index (χ0v) is 17.4. The van der Waals surface area contributed by atoms with Crippen LogP contribution in [0.15, 0.2) is 18.2 Å². The number of hydrogen-bond acceptors (Lipinski definition) is 5. The summed E-state index contributed by atoms with van der Waals surface area (Å²) >= 11 is 11.8. The number of amides is 1. The predicted molar refractivity (Wildman–Crippen MR) is 105 cm³/mol. The molecule has 1 N–H and O–H groups in total. The second kappa shape index (κ2) is 9.42. The molecule has 30 heavy (non-hydrogen) atoms. The van der Waals surface area contributed by atoms with Crippen molar-refractivity contribution in [3.63, 3.8) is 0 Å². The van der Waals surface area contributed by atoms with E-state index in [0.29, 0.717) is 44.1 Å². The van der Waals surface area contributed by atoms with Crippen molar-refractivity contribution >= 4 is 29.2 Å². The zero-order chi connectivity index (χ0) is 21.9. The molecule has 7 nitrogen and oxygen atoms in total. The normalized spacial score (nSPS) is 15.3. The highest BCUT2D eigenvalue weighted by molar-refractivity contribution is 6.37. The smallest absolute Gasteiger partial charge is 0.416 e. The van der Waals surface area contributed by atoms with Crippen molar-refractivity contribution < 1.29 is 27.4 Å². The summed E-state index contributed by atoms with van der Waals surface area (Å²) in [6.45, 7) is 5.69. The molecule has 1 saturated heterocycles. The second-order valence-corrected chi connectivity index (χ2v) is 7.40. The topological polar surface area (TPSA) is 68.6 Å².